The van der Waals surface area contributed by atoms with Gasteiger partial charge in [-0.3, -0.25) is 10.1 Å². The molecular weight excluding hydrogens is 270 g/mol. The van der Waals surface area contributed by atoms with Gasteiger partial charge in [-0.15, -0.1) is 0 Å². The highest BCUT2D eigenvalue weighted by Gasteiger charge is 2.16. The van der Waals surface area contributed by atoms with E-state index in [1.807, 2.05) is 6.07 Å². The maximum absolute atomic E-state index is 11.3. The summed E-state index contributed by atoms with van der Waals surface area (Å²) in [7, 11) is 0. The van der Waals surface area contributed by atoms with Crippen LogP contribution < -0.4 is 9.47 Å². The number of ether oxygens (including phenoxy) is 2. The van der Waals surface area contributed by atoms with Crippen LogP contribution in [0.2, 0.25) is 0 Å². The number of rotatable bonds is 3. The lowest BCUT2D eigenvalue weighted by molar-refractivity contribution is -0.374. The van der Waals surface area contributed by atoms with E-state index in [4.69, 9.17) is 9.47 Å². The molecule has 5 heteroatoms. The first-order valence-corrected chi connectivity index (χ1v) is 6.55. The fraction of sp³-hybridized carbons (Fsp3) is 0.125. The Labute approximate surface area is 121 Å². The van der Waals surface area contributed by atoms with Crippen LogP contribution in [0, 0.1) is 10.1 Å². The Hall–Kier alpha value is -2.82. The number of benzene rings is 2. The van der Waals surface area contributed by atoms with Gasteiger partial charge in [-0.2, -0.15) is 0 Å². The molecule has 106 valence electrons. The van der Waals surface area contributed by atoms with Crippen LogP contribution in [0.3, 0.4) is 0 Å². The molecule has 0 radical (unpaired) electrons. The van der Waals surface area contributed by atoms with Crippen LogP contribution in [0.25, 0.3) is 11.8 Å². The van der Waals surface area contributed by atoms with Crippen molar-refractivity contribution in [3.05, 3.63) is 69.8 Å². The van der Waals surface area contributed by atoms with E-state index in [1.165, 1.54) is 6.08 Å². The molecule has 1 aliphatic heterocycles. The zero-order chi connectivity index (χ0) is 14.7. The van der Waals surface area contributed by atoms with Gasteiger partial charge in [0.2, 0.25) is 0 Å². The van der Waals surface area contributed by atoms with Gasteiger partial charge < -0.3 is 9.47 Å². The Morgan fingerprint density at radius 2 is 1.76 bits per heavy atom. The van der Waals surface area contributed by atoms with E-state index in [2.05, 4.69) is 0 Å². The highest BCUT2D eigenvalue weighted by molar-refractivity contribution is 5.77. The maximum Gasteiger partial charge on any atom is 0.277 e. The summed E-state index contributed by atoms with van der Waals surface area (Å²) >= 11 is 0. The van der Waals surface area contributed by atoms with Crippen LogP contribution in [-0.2, 0) is 0 Å². The molecule has 1 heterocycles. The molecule has 3 rings (SSSR count). The summed E-state index contributed by atoms with van der Waals surface area (Å²) in [5, 5.41) is 11.3. The second kappa shape index (κ2) is 5.66. The van der Waals surface area contributed by atoms with Crippen molar-refractivity contribution in [1.82, 2.24) is 0 Å². The number of hydrogen-bond acceptors (Lipinski definition) is 4. The molecule has 2 aromatic carbocycles. The minimum atomic E-state index is -0.383. The average molecular weight is 283 g/mol. The Morgan fingerprint density at radius 1 is 1.05 bits per heavy atom. The van der Waals surface area contributed by atoms with Gasteiger partial charge in [0.05, 0.1) is 10.5 Å². The molecule has 0 aliphatic carbocycles. The van der Waals surface area contributed by atoms with Crippen molar-refractivity contribution in [2.24, 2.45) is 0 Å². The fourth-order valence-corrected chi connectivity index (χ4v) is 2.16. The van der Waals surface area contributed by atoms with Crippen molar-refractivity contribution in [3.63, 3.8) is 0 Å². The molecule has 21 heavy (non-hydrogen) atoms. The lowest BCUT2D eigenvalue weighted by Gasteiger charge is -2.18. The topological polar surface area (TPSA) is 61.6 Å². The van der Waals surface area contributed by atoms with E-state index < -0.39 is 0 Å². The van der Waals surface area contributed by atoms with Crippen molar-refractivity contribution < 1.29 is 14.4 Å². The van der Waals surface area contributed by atoms with Crippen LogP contribution in [0.15, 0.2) is 48.5 Å². The van der Waals surface area contributed by atoms with Crippen LogP contribution >= 0.6 is 0 Å². The van der Waals surface area contributed by atoms with Crippen molar-refractivity contribution in [3.8, 4) is 11.5 Å². The van der Waals surface area contributed by atoms with E-state index in [9.17, 15) is 10.1 Å². The molecule has 0 aromatic heterocycles. The molecule has 0 N–H and O–H groups in total. The van der Waals surface area contributed by atoms with Crippen molar-refractivity contribution in [1.29, 1.82) is 0 Å². The van der Waals surface area contributed by atoms with Crippen LogP contribution in [0.4, 0.5) is 0 Å². The smallest absolute Gasteiger partial charge is 0.277 e. The maximum atomic E-state index is 11.3. The van der Waals surface area contributed by atoms with Crippen molar-refractivity contribution in [2.75, 3.05) is 13.2 Å². The van der Waals surface area contributed by atoms with Gasteiger partial charge in [0.25, 0.3) is 5.70 Å². The summed E-state index contributed by atoms with van der Waals surface area (Å²) in [4.78, 5) is 10.9. The Morgan fingerprint density at radius 3 is 2.48 bits per heavy atom. The van der Waals surface area contributed by atoms with E-state index in [-0.39, 0.29) is 10.6 Å². The lowest BCUT2D eigenvalue weighted by Crippen LogP contribution is -2.15. The fourth-order valence-electron chi connectivity index (χ4n) is 2.16. The standard InChI is InChI=1S/C16H13NO4/c18-17(19)14(13-4-2-1-3-5-13)10-12-6-7-15-16(11-12)21-9-8-20-15/h1-7,10-11H,8-9H2/b14-10+. The molecule has 5 nitrogen and oxygen atoms in total. The van der Waals surface area contributed by atoms with Gasteiger partial charge in [-0.1, -0.05) is 24.3 Å². The lowest BCUT2D eigenvalue weighted by atomic mass is 10.1. The van der Waals surface area contributed by atoms with Crippen LogP contribution in [-0.4, -0.2) is 18.1 Å². The number of fused-ring (bicyclic) bond motifs is 1. The average Bonchev–Trinajstić information content (AvgIpc) is 2.53. The second-order valence-electron chi connectivity index (χ2n) is 4.56. The Balaban J connectivity index is 2.00. The molecule has 0 unspecified atom stereocenters. The molecule has 0 saturated carbocycles. The predicted molar refractivity (Wildman–Crippen MR) is 78.7 cm³/mol. The largest absolute Gasteiger partial charge is 0.486 e. The number of hydrogen-bond donors (Lipinski definition) is 0. The monoisotopic (exact) mass is 283 g/mol. The summed E-state index contributed by atoms with van der Waals surface area (Å²) in [6, 6.07) is 14.1. The third-order valence-corrected chi connectivity index (χ3v) is 3.14. The van der Waals surface area contributed by atoms with Crippen LogP contribution in [0.1, 0.15) is 11.1 Å². The minimum Gasteiger partial charge on any atom is -0.486 e. The summed E-state index contributed by atoms with van der Waals surface area (Å²) in [5.41, 5.74) is 1.32. The van der Waals surface area contributed by atoms with Crippen LogP contribution in [0.5, 0.6) is 11.5 Å². The molecule has 1 aliphatic rings. The Kier molecular flexibility index (Phi) is 3.55. The second-order valence-corrected chi connectivity index (χ2v) is 4.56. The molecule has 0 atom stereocenters. The first-order valence-electron chi connectivity index (χ1n) is 6.55. The van der Waals surface area contributed by atoms with Gasteiger partial charge in [0, 0.05) is 6.08 Å². The molecule has 2 aromatic rings. The van der Waals surface area contributed by atoms with Gasteiger partial charge in [0.1, 0.15) is 13.2 Å². The van der Waals surface area contributed by atoms with Gasteiger partial charge in [-0.25, -0.2) is 0 Å². The third kappa shape index (κ3) is 2.86. The first-order chi connectivity index (χ1) is 10.2. The molecule has 0 saturated heterocycles. The minimum absolute atomic E-state index is 0.0484. The zero-order valence-corrected chi connectivity index (χ0v) is 11.2. The van der Waals surface area contributed by atoms with Crippen molar-refractivity contribution in [2.45, 2.75) is 0 Å². The SMILES string of the molecule is O=[N+]([O-])/C(=C/c1ccc2c(c1)OCCO2)c1ccccc1. The molecule has 0 bridgehead atoms. The molecular formula is C16H13NO4. The predicted octanol–water partition coefficient (Wildman–Crippen LogP) is 3.23. The van der Waals surface area contributed by atoms with Gasteiger partial charge >= 0.3 is 0 Å². The number of nitrogens with zero attached hydrogens (tertiary/aromatic N) is 1. The van der Waals surface area contributed by atoms with E-state index >= 15 is 0 Å². The summed E-state index contributed by atoms with van der Waals surface area (Å²) in [6.45, 7) is 1.01. The van der Waals surface area contributed by atoms with Gasteiger partial charge in [-0.05, 0) is 29.8 Å². The highest BCUT2D eigenvalue weighted by atomic mass is 16.6. The molecule has 0 spiro atoms. The normalized spacial score (nSPS) is 13.8. The summed E-state index contributed by atoms with van der Waals surface area (Å²) in [6.07, 6.45) is 1.54. The molecule has 0 amide bonds. The van der Waals surface area contributed by atoms with E-state index in [1.54, 1.807) is 42.5 Å². The van der Waals surface area contributed by atoms with E-state index in [0.717, 1.165) is 0 Å². The van der Waals surface area contributed by atoms with E-state index in [0.29, 0.717) is 35.8 Å². The summed E-state index contributed by atoms with van der Waals surface area (Å²) in [5.74, 6) is 1.28. The zero-order valence-electron chi connectivity index (χ0n) is 11.2. The van der Waals surface area contributed by atoms with Crippen molar-refractivity contribution >= 4 is 11.8 Å². The quantitative estimate of drug-likeness (QED) is 0.493. The Bertz CT molecular complexity index is 695. The summed E-state index contributed by atoms with van der Waals surface area (Å²) < 4.78 is 10.9. The molecule has 0 fully saturated rings. The highest BCUT2D eigenvalue weighted by Crippen LogP contribution is 2.32. The third-order valence-electron chi connectivity index (χ3n) is 3.14. The number of nitro groups is 1. The van der Waals surface area contributed by atoms with Gasteiger partial charge in [0.15, 0.2) is 11.5 Å². The first kappa shape index (κ1) is 13.2.